The number of amides is 1. The zero-order valence-electron chi connectivity index (χ0n) is 11.7. The Morgan fingerprint density at radius 2 is 2.18 bits per heavy atom. The molecule has 0 saturated heterocycles. The smallest absolute Gasteiger partial charge is 0.416 e. The molecule has 1 aliphatic rings. The Labute approximate surface area is 125 Å². The Morgan fingerprint density at radius 1 is 1.41 bits per heavy atom. The average molecular weight is 315 g/mol. The van der Waals surface area contributed by atoms with Crippen molar-refractivity contribution in [3.05, 3.63) is 47.2 Å². The number of aliphatic hydroxyl groups excluding tert-OH is 1. The molecular weight excluding hydrogens is 299 g/mol. The van der Waals surface area contributed by atoms with Gasteiger partial charge in [-0.2, -0.15) is 13.2 Å². The van der Waals surface area contributed by atoms with Gasteiger partial charge in [0, 0.05) is 6.54 Å². The van der Waals surface area contributed by atoms with Crippen molar-refractivity contribution in [2.75, 3.05) is 13.2 Å². The van der Waals surface area contributed by atoms with Crippen LogP contribution in [0.1, 0.15) is 30.1 Å². The van der Waals surface area contributed by atoms with E-state index >= 15 is 0 Å². The molecule has 1 aromatic rings. The van der Waals surface area contributed by atoms with Crippen LogP contribution in [0.25, 0.3) is 0 Å². The number of carbonyl (C=O) groups is 1. The van der Waals surface area contributed by atoms with Crippen LogP contribution in [0.2, 0.25) is 0 Å². The first-order valence-electron chi connectivity index (χ1n) is 6.84. The number of nitrogens with one attached hydrogen (secondary N) is 1. The van der Waals surface area contributed by atoms with E-state index in [-0.39, 0.29) is 17.9 Å². The predicted octanol–water partition coefficient (Wildman–Crippen LogP) is 2.55. The van der Waals surface area contributed by atoms with Crippen LogP contribution in [-0.2, 0) is 15.7 Å². The summed E-state index contributed by atoms with van der Waals surface area (Å²) in [6, 6.07) is 4.39. The van der Waals surface area contributed by atoms with E-state index in [1.54, 1.807) is 6.08 Å². The molecule has 0 bridgehead atoms. The lowest BCUT2D eigenvalue weighted by Crippen LogP contribution is -2.31. The van der Waals surface area contributed by atoms with Crippen molar-refractivity contribution in [2.45, 2.75) is 25.1 Å². The van der Waals surface area contributed by atoms with Crippen LogP contribution in [0.4, 0.5) is 13.2 Å². The molecule has 0 radical (unpaired) electrons. The molecule has 0 fully saturated rings. The number of alkyl halides is 3. The molecular formula is C15H16F3NO3. The summed E-state index contributed by atoms with van der Waals surface area (Å²) in [6.07, 6.45) is -2.48. The van der Waals surface area contributed by atoms with Gasteiger partial charge in [0.1, 0.15) is 0 Å². The number of halogens is 3. The largest absolute Gasteiger partial charge is 0.488 e. The minimum atomic E-state index is -4.47. The van der Waals surface area contributed by atoms with E-state index in [4.69, 9.17) is 4.74 Å². The number of allylic oxidation sites excluding steroid dienone is 1. The maximum absolute atomic E-state index is 12.6. The zero-order chi connectivity index (χ0) is 16.2. The zero-order valence-corrected chi connectivity index (χ0v) is 11.7. The van der Waals surface area contributed by atoms with Crippen molar-refractivity contribution in [1.82, 2.24) is 5.32 Å². The van der Waals surface area contributed by atoms with Crippen LogP contribution in [-0.4, -0.2) is 24.2 Å². The third-order valence-corrected chi connectivity index (χ3v) is 3.21. The molecule has 1 unspecified atom stereocenters. The highest BCUT2D eigenvalue weighted by Gasteiger charge is 2.30. The summed E-state index contributed by atoms with van der Waals surface area (Å²) in [7, 11) is 0. The van der Waals surface area contributed by atoms with Crippen molar-refractivity contribution < 1.29 is 27.8 Å². The molecule has 1 atom stereocenters. The maximum Gasteiger partial charge on any atom is 0.416 e. The van der Waals surface area contributed by atoms with Gasteiger partial charge < -0.3 is 15.2 Å². The maximum atomic E-state index is 12.6. The molecule has 1 amide bonds. The second-order valence-corrected chi connectivity index (χ2v) is 4.91. The second-order valence-electron chi connectivity index (χ2n) is 4.91. The Kier molecular flexibility index (Phi) is 5.07. The number of rotatable bonds is 4. The molecule has 4 nitrogen and oxygen atoms in total. The van der Waals surface area contributed by atoms with E-state index in [0.717, 1.165) is 25.0 Å². The molecule has 2 rings (SSSR count). The molecule has 0 saturated carbocycles. The van der Waals surface area contributed by atoms with Crippen LogP contribution in [0.3, 0.4) is 0 Å². The highest BCUT2D eigenvalue weighted by Crippen LogP contribution is 2.30. The number of aliphatic hydroxyl groups is 1. The van der Waals surface area contributed by atoms with E-state index in [1.807, 2.05) is 0 Å². The summed E-state index contributed by atoms with van der Waals surface area (Å²) in [5.74, 6) is -0.298. The van der Waals surface area contributed by atoms with Crippen molar-refractivity contribution in [3.8, 4) is 0 Å². The van der Waals surface area contributed by atoms with E-state index in [1.165, 1.54) is 12.1 Å². The van der Waals surface area contributed by atoms with Gasteiger partial charge in [-0.25, -0.2) is 0 Å². The van der Waals surface area contributed by atoms with E-state index in [2.05, 4.69) is 5.32 Å². The summed E-state index contributed by atoms with van der Waals surface area (Å²) in [4.78, 5) is 11.8. The highest BCUT2D eigenvalue weighted by atomic mass is 19.4. The summed E-state index contributed by atoms with van der Waals surface area (Å²) < 4.78 is 43.0. The number of benzene rings is 1. The van der Waals surface area contributed by atoms with Crippen molar-refractivity contribution in [3.63, 3.8) is 0 Å². The lowest BCUT2D eigenvalue weighted by Gasteiger charge is -2.17. The van der Waals surface area contributed by atoms with Gasteiger partial charge in [0.05, 0.1) is 18.3 Å². The van der Waals surface area contributed by atoms with E-state index < -0.39 is 23.8 Å². The van der Waals surface area contributed by atoms with Crippen molar-refractivity contribution in [1.29, 1.82) is 0 Å². The topological polar surface area (TPSA) is 58.6 Å². The van der Waals surface area contributed by atoms with Crippen molar-refractivity contribution >= 4 is 5.91 Å². The monoisotopic (exact) mass is 315 g/mol. The van der Waals surface area contributed by atoms with Gasteiger partial charge in [-0.15, -0.1) is 0 Å². The summed E-state index contributed by atoms with van der Waals surface area (Å²) in [6.45, 7) is 0.260. The second kappa shape index (κ2) is 6.83. The fourth-order valence-electron chi connectivity index (χ4n) is 2.03. The summed E-state index contributed by atoms with van der Waals surface area (Å²) in [5.41, 5.74) is -0.748. The van der Waals surface area contributed by atoms with Gasteiger partial charge in [0.25, 0.3) is 5.91 Å². The number of hydrogen-bond acceptors (Lipinski definition) is 3. The molecule has 1 aliphatic heterocycles. The lowest BCUT2D eigenvalue weighted by molar-refractivity contribution is -0.137. The number of hydrogen-bond donors (Lipinski definition) is 2. The Bertz CT molecular complexity index is 569. The van der Waals surface area contributed by atoms with Gasteiger partial charge in [-0.1, -0.05) is 12.1 Å². The molecule has 120 valence electrons. The molecule has 1 aromatic carbocycles. The lowest BCUT2D eigenvalue weighted by atomic mass is 10.1. The molecule has 1 heterocycles. The van der Waals surface area contributed by atoms with Crippen LogP contribution >= 0.6 is 0 Å². The van der Waals surface area contributed by atoms with Gasteiger partial charge in [-0.05, 0) is 36.6 Å². The normalized spacial score (nSPS) is 16.5. The minimum absolute atomic E-state index is 0.0914. The highest BCUT2D eigenvalue weighted by molar-refractivity contribution is 5.91. The fourth-order valence-corrected chi connectivity index (χ4v) is 2.03. The average Bonchev–Trinajstić information content (AvgIpc) is 2.52. The summed E-state index contributed by atoms with van der Waals surface area (Å²) >= 11 is 0. The van der Waals surface area contributed by atoms with Gasteiger partial charge in [0.2, 0.25) is 0 Å². The molecule has 0 spiro atoms. The molecule has 7 heteroatoms. The Balaban J connectivity index is 1.96. The van der Waals surface area contributed by atoms with Gasteiger partial charge >= 0.3 is 6.18 Å². The van der Waals surface area contributed by atoms with Crippen molar-refractivity contribution in [2.24, 2.45) is 0 Å². The summed E-state index contributed by atoms with van der Waals surface area (Å²) in [5, 5.41) is 12.4. The minimum Gasteiger partial charge on any atom is -0.488 e. The standard InChI is InChI=1S/C15H16F3NO3/c16-15(17,18)11-5-3-4-10(8-11)12(20)9-19-14(21)13-6-1-2-7-22-13/h3-6,8,12,20H,1-2,7,9H2,(H,19,21). The quantitative estimate of drug-likeness (QED) is 0.898. The van der Waals surface area contributed by atoms with Crippen LogP contribution in [0.15, 0.2) is 36.1 Å². The van der Waals surface area contributed by atoms with Gasteiger partial charge in [0.15, 0.2) is 5.76 Å². The first-order valence-corrected chi connectivity index (χ1v) is 6.84. The molecule has 2 N–H and O–H groups in total. The Morgan fingerprint density at radius 3 is 2.82 bits per heavy atom. The van der Waals surface area contributed by atoms with Crippen LogP contribution in [0, 0.1) is 0 Å². The van der Waals surface area contributed by atoms with Crippen LogP contribution in [0.5, 0.6) is 0 Å². The third-order valence-electron chi connectivity index (χ3n) is 3.21. The van der Waals surface area contributed by atoms with E-state index in [9.17, 15) is 23.1 Å². The van der Waals surface area contributed by atoms with Gasteiger partial charge in [-0.3, -0.25) is 4.79 Å². The third kappa shape index (κ3) is 4.24. The molecule has 22 heavy (non-hydrogen) atoms. The predicted molar refractivity (Wildman–Crippen MR) is 72.7 cm³/mol. The number of carbonyl (C=O) groups excluding carboxylic acids is 1. The molecule has 0 aliphatic carbocycles. The Hall–Kier alpha value is -2.02. The first kappa shape index (κ1) is 16.4. The SMILES string of the molecule is O=C(NCC(O)c1cccc(C(F)(F)F)c1)C1=CCCCO1. The fraction of sp³-hybridized carbons (Fsp3) is 0.400. The van der Waals surface area contributed by atoms with Crippen LogP contribution < -0.4 is 5.32 Å². The van der Waals surface area contributed by atoms with E-state index in [0.29, 0.717) is 6.61 Å². The number of ether oxygens (including phenoxy) is 1. The molecule has 0 aromatic heterocycles. The first-order chi connectivity index (χ1) is 10.4.